The van der Waals surface area contributed by atoms with Crippen LogP contribution in [0.4, 0.5) is 5.69 Å². The number of rotatable bonds is 3. The summed E-state index contributed by atoms with van der Waals surface area (Å²) in [4.78, 5) is 26.2. The molecule has 29 heavy (non-hydrogen) atoms. The van der Waals surface area contributed by atoms with Crippen molar-refractivity contribution in [2.45, 2.75) is 68.8 Å². The van der Waals surface area contributed by atoms with Crippen molar-refractivity contribution in [2.24, 2.45) is 5.92 Å². The molecule has 1 aliphatic carbocycles. The molecule has 158 valence electrons. The first-order valence-electron chi connectivity index (χ1n) is 10.4. The van der Waals surface area contributed by atoms with Crippen LogP contribution in [-0.2, 0) is 30.8 Å². The average molecular weight is 421 g/mol. The molecule has 1 saturated heterocycles. The smallest absolute Gasteiger partial charge is 0.324 e. The zero-order valence-corrected chi connectivity index (χ0v) is 17.8. The lowest BCUT2D eigenvalue weighted by Gasteiger charge is -2.33. The van der Waals surface area contributed by atoms with E-state index in [2.05, 4.69) is 0 Å². The summed E-state index contributed by atoms with van der Waals surface area (Å²) in [5, 5.41) is 0. The Morgan fingerprint density at radius 3 is 2.62 bits per heavy atom. The normalized spacial score (nSPS) is 27.2. The van der Waals surface area contributed by atoms with Gasteiger partial charge in [-0.05, 0) is 61.8 Å². The van der Waals surface area contributed by atoms with Gasteiger partial charge in [0.1, 0.15) is 6.04 Å². The fraction of sp³-hybridized carbons (Fsp3) is 0.619. The van der Waals surface area contributed by atoms with Gasteiger partial charge in [0.15, 0.2) is 0 Å². The van der Waals surface area contributed by atoms with Gasteiger partial charge in [0.2, 0.25) is 15.9 Å². The lowest BCUT2D eigenvalue weighted by molar-refractivity contribution is -0.144. The van der Waals surface area contributed by atoms with Crippen molar-refractivity contribution in [2.75, 3.05) is 18.6 Å². The summed E-state index contributed by atoms with van der Waals surface area (Å²) in [6.45, 7) is 2.17. The van der Waals surface area contributed by atoms with Gasteiger partial charge in [-0.25, -0.2) is 8.42 Å². The second-order valence-electron chi connectivity index (χ2n) is 8.29. The van der Waals surface area contributed by atoms with Gasteiger partial charge in [-0.1, -0.05) is 12.8 Å². The number of hydrogen-bond donors (Lipinski definition) is 0. The quantitative estimate of drug-likeness (QED) is 0.702. The standard InChI is InChI=1S/C21H28N2O5S/c1-14(24)22-11-5-7-15-12-17(9-10-18(15)22)29(26,27)23-19-8-4-3-6-16(19)13-20(23)21(25)28-2/h9-10,12,16,19-20H,3-8,11,13H2,1-2H3. The Morgan fingerprint density at radius 1 is 1.14 bits per heavy atom. The maximum absolute atomic E-state index is 13.7. The van der Waals surface area contributed by atoms with Gasteiger partial charge in [0, 0.05) is 25.2 Å². The molecule has 3 unspecified atom stereocenters. The van der Waals surface area contributed by atoms with Crippen molar-refractivity contribution in [3.63, 3.8) is 0 Å². The Labute approximate surface area is 172 Å². The number of sulfonamides is 1. The number of methoxy groups -OCH3 is 1. The third-order valence-electron chi connectivity index (χ3n) is 6.63. The number of hydrogen-bond acceptors (Lipinski definition) is 5. The van der Waals surface area contributed by atoms with Crippen molar-refractivity contribution in [3.8, 4) is 0 Å². The third-order valence-corrected chi connectivity index (χ3v) is 8.56. The molecule has 3 atom stereocenters. The van der Waals surface area contributed by atoms with Crippen molar-refractivity contribution in [3.05, 3.63) is 23.8 Å². The van der Waals surface area contributed by atoms with Crippen LogP contribution in [0.15, 0.2) is 23.1 Å². The highest BCUT2D eigenvalue weighted by Gasteiger charge is 2.51. The summed E-state index contributed by atoms with van der Waals surface area (Å²) < 4.78 is 33.7. The van der Waals surface area contributed by atoms with E-state index in [9.17, 15) is 18.0 Å². The van der Waals surface area contributed by atoms with Gasteiger partial charge in [0.25, 0.3) is 0 Å². The highest BCUT2D eigenvalue weighted by Crippen LogP contribution is 2.43. The molecule has 3 aliphatic rings. The van der Waals surface area contributed by atoms with Crippen LogP contribution in [-0.4, -0.2) is 50.3 Å². The van der Waals surface area contributed by atoms with Gasteiger partial charge >= 0.3 is 5.97 Å². The highest BCUT2D eigenvalue weighted by molar-refractivity contribution is 7.89. The minimum absolute atomic E-state index is 0.0445. The molecule has 2 aliphatic heterocycles. The van der Waals surface area contributed by atoms with Crippen LogP contribution in [0.3, 0.4) is 0 Å². The van der Waals surface area contributed by atoms with E-state index in [4.69, 9.17) is 4.74 Å². The van der Waals surface area contributed by atoms with Crippen LogP contribution in [0.25, 0.3) is 0 Å². The van der Waals surface area contributed by atoms with Gasteiger partial charge in [-0.15, -0.1) is 0 Å². The summed E-state index contributed by atoms with van der Waals surface area (Å²) in [7, 11) is -2.55. The van der Waals surface area contributed by atoms with Crippen LogP contribution < -0.4 is 4.90 Å². The Hall–Kier alpha value is -1.93. The summed E-state index contributed by atoms with van der Waals surface area (Å²) >= 11 is 0. The van der Waals surface area contributed by atoms with Crippen molar-refractivity contribution < 1.29 is 22.7 Å². The van der Waals surface area contributed by atoms with E-state index in [1.807, 2.05) is 0 Å². The molecule has 1 amide bonds. The molecule has 0 bridgehead atoms. The molecule has 0 spiro atoms. The van der Waals surface area contributed by atoms with E-state index < -0.39 is 22.0 Å². The molecule has 2 heterocycles. The average Bonchev–Trinajstić information content (AvgIpc) is 3.12. The van der Waals surface area contributed by atoms with Gasteiger partial charge in [-0.2, -0.15) is 4.31 Å². The van der Waals surface area contributed by atoms with Gasteiger partial charge in [0.05, 0.1) is 12.0 Å². The molecule has 8 heteroatoms. The minimum atomic E-state index is -3.86. The van der Waals surface area contributed by atoms with Crippen molar-refractivity contribution >= 4 is 27.6 Å². The first-order valence-corrected chi connectivity index (χ1v) is 11.8. The number of carbonyl (C=O) groups is 2. The van der Waals surface area contributed by atoms with Crippen molar-refractivity contribution in [1.82, 2.24) is 4.31 Å². The summed E-state index contributed by atoms with van der Waals surface area (Å²) in [5.41, 5.74) is 1.64. The molecule has 0 aromatic heterocycles. The summed E-state index contributed by atoms with van der Waals surface area (Å²) in [5.74, 6) is -0.325. The fourth-order valence-electron chi connectivity index (χ4n) is 5.28. The molecule has 2 fully saturated rings. The Bertz CT molecular complexity index is 929. The Balaban J connectivity index is 1.73. The number of benzene rings is 1. The minimum Gasteiger partial charge on any atom is -0.468 e. The van der Waals surface area contributed by atoms with E-state index in [1.165, 1.54) is 18.3 Å². The third kappa shape index (κ3) is 3.46. The van der Waals surface area contributed by atoms with E-state index in [0.717, 1.165) is 49.8 Å². The number of ether oxygens (including phenoxy) is 1. The van der Waals surface area contributed by atoms with Crippen LogP contribution in [0.5, 0.6) is 0 Å². The van der Waals surface area contributed by atoms with Gasteiger partial charge in [-0.3, -0.25) is 9.59 Å². The Kier molecular flexibility index (Phi) is 5.42. The number of anilines is 1. The molecule has 1 saturated carbocycles. The van der Waals surface area contributed by atoms with Crippen LogP contribution in [0.2, 0.25) is 0 Å². The molecular formula is C21H28N2O5S. The lowest BCUT2D eigenvalue weighted by atomic mass is 9.85. The Morgan fingerprint density at radius 2 is 1.90 bits per heavy atom. The molecule has 1 aromatic rings. The van der Waals surface area contributed by atoms with E-state index >= 15 is 0 Å². The number of aryl methyl sites for hydroxylation is 1. The summed E-state index contributed by atoms with van der Waals surface area (Å²) in [6, 6.07) is 4.07. The fourth-order valence-corrected chi connectivity index (χ4v) is 7.20. The number of fused-ring (bicyclic) bond motifs is 2. The highest BCUT2D eigenvalue weighted by atomic mass is 32.2. The molecule has 1 aromatic carbocycles. The van der Waals surface area contributed by atoms with Crippen molar-refractivity contribution in [1.29, 1.82) is 0 Å². The molecule has 4 rings (SSSR count). The largest absolute Gasteiger partial charge is 0.468 e. The molecule has 7 nitrogen and oxygen atoms in total. The zero-order valence-electron chi connectivity index (χ0n) is 17.0. The van der Waals surface area contributed by atoms with Gasteiger partial charge < -0.3 is 9.64 Å². The van der Waals surface area contributed by atoms with Crippen LogP contribution in [0, 0.1) is 5.92 Å². The number of esters is 1. The number of amides is 1. The van der Waals surface area contributed by atoms with E-state index in [1.54, 1.807) is 23.1 Å². The second-order valence-corrected chi connectivity index (χ2v) is 10.1. The summed E-state index contributed by atoms with van der Waals surface area (Å²) in [6.07, 6.45) is 5.83. The maximum atomic E-state index is 13.7. The molecule has 0 N–H and O–H groups in total. The monoisotopic (exact) mass is 420 g/mol. The number of carbonyl (C=O) groups excluding carboxylic acids is 2. The SMILES string of the molecule is COC(=O)C1CC2CCCCC2N1S(=O)(=O)c1ccc2c(c1)CCCN2C(C)=O. The van der Waals surface area contributed by atoms with Crippen LogP contribution in [0.1, 0.15) is 51.0 Å². The number of nitrogens with zero attached hydrogens (tertiary/aromatic N) is 2. The molecular weight excluding hydrogens is 392 g/mol. The predicted octanol–water partition coefficient (Wildman–Crippen LogP) is 2.48. The topological polar surface area (TPSA) is 84.0 Å². The molecule has 0 radical (unpaired) electrons. The van der Waals surface area contributed by atoms with E-state index in [0.29, 0.717) is 13.0 Å². The van der Waals surface area contributed by atoms with E-state index in [-0.39, 0.29) is 22.8 Å². The zero-order chi connectivity index (χ0) is 20.8. The predicted molar refractivity (Wildman–Crippen MR) is 108 cm³/mol. The maximum Gasteiger partial charge on any atom is 0.324 e. The lowest BCUT2D eigenvalue weighted by Crippen LogP contribution is -2.46. The first-order chi connectivity index (χ1) is 13.8. The van der Waals surface area contributed by atoms with Crippen LogP contribution >= 0.6 is 0 Å². The first kappa shape index (κ1) is 20.3. The second kappa shape index (κ2) is 7.72.